The molecule has 3 aromatic rings. The van der Waals surface area contributed by atoms with Crippen molar-refractivity contribution in [3.63, 3.8) is 0 Å². The summed E-state index contributed by atoms with van der Waals surface area (Å²) in [6, 6.07) is 1.61. The summed E-state index contributed by atoms with van der Waals surface area (Å²) in [5.41, 5.74) is 2.25. The lowest BCUT2D eigenvalue weighted by molar-refractivity contribution is 0.111. The third-order valence-electron chi connectivity index (χ3n) is 2.73. The molecule has 0 aliphatic rings. The maximum absolute atomic E-state index is 10.9. The number of nitrogens with zero attached hydrogens (tertiary/aromatic N) is 4. The number of carbonyl (C=O) groups excluding carboxylic acids is 1. The Morgan fingerprint density at radius 1 is 1.21 bits per heavy atom. The van der Waals surface area contributed by atoms with Crippen LogP contribution in [0.25, 0.3) is 5.52 Å². The van der Waals surface area contributed by atoms with Gasteiger partial charge in [0.05, 0.1) is 29.7 Å². The second kappa shape index (κ2) is 4.85. The lowest BCUT2D eigenvalue weighted by Gasteiger charge is -2.06. The Hall–Kier alpha value is -2.76. The van der Waals surface area contributed by atoms with Gasteiger partial charge < -0.3 is 4.74 Å². The van der Waals surface area contributed by atoms with Crippen molar-refractivity contribution in [2.75, 3.05) is 0 Å². The van der Waals surface area contributed by atoms with Gasteiger partial charge in [-0.15, -0.1) is 0 Å². The molecule has 0 aromatic carbocycles. The van der Waals surface area contributed by atoms with Crippen molar-refractivity contribution in [1.29, 1.82) is 0 Å². The van der Waals surface area contributed by atoms with E-state index in [1.807, 2.05) is 0 Å². The van der Waals surface area contributed by atoms with Crippen LogP contribution in [0.4, 0.5) is 0 Å². The number of aromatic nitrogens is 4. The van der Waals surface area contributed by atoms with Gasteiger partial charge >= 0.3 is 0 Å². The Morgan fingerprint density at radius 3 is 3.00 bits per heavy atom. The highest BCUT2D eigenvalue weighted by molar-refractivity contribution is 5.78. The largest absolute Gasteiger partial charge is 0.486 e. The zero-order valence-corrected chi connectivity index (χ0v) is 9.93. The predicted molar refractivity (Wildman–Crippen MR) is 66.9 cm³/mol. The molecule has 0 spiro atoms. The average molecular weight is 254 g/mol. The molecule has 3 heterocycles. The molecule has 0 N–H and O–H groups in total. The fraction of sp³-hybridized carbons (Fsp3) is 0.0769. The molecule has 0 bridgehead atoms. The molecule has 19 heavy (non-hydrogen) atoms. The lowest BCUT2D eigenvalue weighted by atomic mass is 10.2. The predicted octanol–water partition coefficient (Wildman–Crippen LogP) is 1.52. The van der Waals surface area contributed by atoms with Gasteiger partial charge in [0.2, 0.25) is 0 Å². The molecule has 0 saturated carbocycles. The Labute approximate surface area is 108 Å². The third kappa shape index (κ3) is 2.15. The number of rotatable bonds is 4. The SMILES string of the molecule is O=Cc1ccncc1OCc1cnn2ccncc12. The van der Waals surface area contributed by atoms with E-state index in [0.717, 1.165) is 17.4 Å². The fourth-order valence-electron chi connectivity index (χ4n) is 1.76. The Morgan fingerprint density at radius 2 is 2.11 bits per heavy atom. The molecule has 3 aromatic heterocycles. The first-order valence-electron chi connectivity index (χ1n) is 5.66. The summed E-state index contributed by atoms with van der Waals surface area (Å²) in [5, 5.41) is 4.19. The number of carbonyl (C=O) groups is 1. The van der Waals surface area contributed by atoms with Gasteiger partial charge in [-0.1, -0.05) is 0 Å². The Balaban J connectivity index is 1.84. The number of aldehydes is 1. The smallest absolute Gasteiger partial charge is 0.153 e. The topological polar surface area (TPSA) is 69.4 Å². The molecule has 0 aliphatic heterocycles. The van der Waals surface area contributed by atoms with Crippen molar-refractivity contribution >= 4 is 11.8 Å². The highest BCUT2D eigenvalue weighted by atomic mass is 16.5. The highest BCUT2D eigenvalue weighted by Gasteiger charge is 2.07. The zero-order chi connectivity index (χ0) is 13.1. The van der Waals surface area contributed by atoms with Crippen LogP contribution in [0.2, 0.25) is 0 Å². The summed E-state index contributed by atoms with van der Waals surface area (Å²) in [4.78, 5) is 18.9. The van der Waals surface area contributed by atoms with E-state index in [2.05, 4.69) is 15.1 Å². The van der Waals surface area contributed by atoms with E-state index in [0.29, 0.717) is 17.9 Å². The van der Waals surface area contributed by atoms with Gasteiger partial charge in [0.25, 0.3) is 0 Å². The van der Waals surface area contributed by atoms with Crippen molar-refractivity contribution in [3.8, 4) is 5.75 Å². The number of hydrogen-bond acceptors (Lipinski definition) is 5. The van der Waals surface area contributed by atoms with E-state index >= 15 is 0 Å². The van der Waals surface area contributed by atoms with Crippen LogP contribution in [0.15, 0.2) is 43.2 Å². The van der Waals surface area contributed by atoms with Crippen LogP contribution in [0.1, 0.15) is 15.9 Å². The molecule has 0 unspecified atom stereocenters. The van der Waals surface area contributed by atoms with Gasteiger partial charge in [-0.25, -0.2) is 4.52 Å². The van der Waals surface area contributed by atoms with Crippen LogP contribution in [0.3, 0.4) is 0 Å². The van der Waals surface area contributed by atoms with Crippen molar-refractivity contribution in [3.05, 3.63) is 54.4 Å². The molecule has 0 fully saturated rings. The molecule has 3 rings (SSSR count). The molecular weight excluding hydrogens is 244 g/mol. The van der Waals surface area contributed by atoms with Crippen LogP contribution in [0, 0.1) is 0 Å². The first-order chi connectivity index (χ1) is 9.38. The van der Waals surface area contributed by atoms with Crippen molar-refractivity contribution < 1.29 is 9.53 Å². The average Bonchev–Trinajstić information content (AvgIpc) is 2.89. The van der Waals surface area contributed by atoms with E-state index in [1.165, 1.54) is 6.20 Å². The van der Waals surface area contributed by atoms with Crippen molar-refractivity contribution in [1.82, 2.24) is 19.6 Å². The Kier molecular flexibility index (Phi) is 2.89. The summed E-state index contributed by atoms with van der Waals surface area (Å²) >= 11 is 0. The molecule has 0 atom stereocenters. The standard InChI is InChI=1S/C13H10N4O2/c18-8-10-1-2-14-7-13(10)19-9-11-5-16-17-4-3-15-6-12(11)17/h1-8H,9H2. The quantitative estimate of drug-likeness (QED) is 0.660. The molecule has 0 saturated heterocycles. The maximum Gasteiger partial charge on any atom is 0.153 e. The van der Waals surface area contributed by atoms with Crippen LogP contribution in [0.5, 0.6) is 5.75 Å². The monoisotopic (exact) mass is 254 g/mol. The van der Waals surface area contributed by atoms with Crippen molar-refractivity contribution in [2.45, 2.75) is 6.61 Å². The molecular formula is C13H10N4O2. The van der Waals surface area contributed by atoms with Crippen LogP contribution < -0.4 is 4.74 Å². The summed E-state index contributed by atoms with van der Waals surface area (Å²) in [6.45, 7) is 0.307. The summed E-state index contributed by atoms with van der Waals surface area (Å²) in [5.74, 6) is 0.459. The number of ether oxygens (including phenoxy) is 1. The molecule has 0 aliphatic carbocycles. The van der Waals surface area contributed by atoms with Gasteiger partial charge in [0.15, 0.2) is 6.29 Å². The number of pyridine rings is 1. The van der Waals surface area contributed by atoms with Crippen LogP contribution in [-0.4, -0.2) is 25.9 Å². The second-order valence-electron chi connectivity index (χ2n) is 3.90. The normalized spacial score (nSPS) is 10.5. The van der Waals surface area contributed by atoms with Crippen molar-refractivity contribution in [2.24, 2.45) is 0 Å². The second-order valence-corrected chi connectivity index (χ2v) is 3.90. The summed E-state index contributed by atoms with van der Waals surface area (Å²) < 4.78 is 7.32. The van der Waals surface area contributed by atoms with Gasteiger partial charge in [0, 0.05) is 24.2 Å². The maximum atomic E-state index is 10.9. The van der Waals surface area contributed by atoms with E-state index in [9.17, 15) is 4.79 Å². The van der Waals surface area contributed by atoms with E-state index in [1.54, 1.807) is 41.6 Å². The minimum absolute atomic E-state index is 0.307. The van der Waals surface area contributed by atoms with Gasteiger partial charge in [-0.05, 0) is 6.07 Å². The summed E-state index contributed by atoms with van der Waals surface area (Å²) in [6.07, 6.45) is 10.7. The van der Waals surface area contributed by atoms with E-state index < -0.39 is 0 Å². The van der Waals surface area contributed by atoms with Crippen LogP contribution in [-0.2, 0) is 6.61 Å². The Bertz CT molecular complexity index is 723. The first kappa shape index (κ1) is 11.3. The van der Waals surface area contributed by atoms with E-state index in [4.69, 9.17) is 4.74 Å². The third-order valence-corrected chi connectivity index (χ3v) is 2.73. The zero-order valence-electron chi connectivity index (χ0n) is 9.93. The minimum Gasteiger partial charge on any atom is -0.486 e. The minimum atomic E-state index is 0.307. The molecule has 0 radical (unpaired) electrons. The fourth-order valence-corrected chi connectivity index (χ4v) is 1.76. The molecule has 94 valence electrons. The van der Waals surface area contributed by atoms with Gasteiger partial charge in [-0.2, -0.15) is 5.10 Å². The van der Waals surface area contributed by atoms with E-state index in [-0.39, 0.29) is 0 Å². The molecule has 6 nitrogen and oxygen atoms in total. The number of hydrogen-bond donors (Lipinski definition) is 0. The lowest BCUT2D eigenvalue weighted by Crippen LogP contribution is -1.98. The molecule has 6 heteroatoms. The van der Waals surface area contributed by atoms with Gasteiger partial charge in [0.1, 0.15) is 12.4 Å². The number of fused-ring (bicyclic) bond motifs is 1. The molecule has 0 amide bonds. The summed E-state index contributed by atoms with van der Waals surface area (Å²) in [7, 11) is 0. The van der Waals surface area contributed by atoms with Gasteiger partial charge in [-0.3, -0.25) is 14.8 Å². The van der Waals surface area contributed by atoms with Crippen LogP contribution >= 0.6 is 0 Å². The highest BCUT2D eigenvalue weighted by Crippen LogP contribution is 2.17. The first-order valence-corrected chi connectivity index (χ1v) is 5.66.